The molecule has 9 heteroatoms. The minimum Gasteiger partial charge on any atom is -0.395 e. The Labute approximate surface area is 192 Å². The largest absolute Gasteiger partial charge is 0.395 e. The highest BCUT2D eigenvalue weighted by Gasteiger charge is 2.38. The molecule has 0 radical (unpaired) electrons. The Morgan fingerprint density at radius 1 is 1.19 bits per heavy atom. The summed E-state index contributed by atoms with van der Waals surface area (Å²) in [5, 5.41) is 14.2. The first-order valence-electron chi connectivity index (χ1n) is 11.4. The maximum absolute atomic E-state index is 13.1. The lowest BCUT2D eigenvalue weighted by Gasteiger charge is -2.43. The topological polar surface area (TPSA) is 87.0 Å². The van der Waals surface area contributed by atoms with Crippen molar-refractivity contribution < 1.29 is 19.4 Å². The lowest BCUT2D eigenvalue weighted by atomic mass is 9.89. The first kappa shape index (κ1) is 21.6. The average molecular weight is 461 g/mol. The molecule has 0 aliphatic carbocycles. The van der Waals surface area contributed by atoms with Crippen LogP contribution in [0.1, 0.15) is 30.7 Å². The van der Waals surface area contributed by atoms with Gasteiger partial charge in [-0.3, -0.25) is 4.79 Å². The van der Waals surface area contributed by atoms with Crippen molar-refractivity contribution in [2.45, 2.75) is 43.9 Å². The van der Waals surface area contributed by atoms with Crippen molar-refractivity contribution in [3.63, 3.8) is 0 Å². The van der Waals surface area contributed by atoms with Crippen LogP contribution in [0.4, 0.5) is 4.79 Å². The molecule has 8 nitrogen and oxygen atoms in total. The van der Waals surface area contributed by atoms with E-state index in [4.69, 9.17) is 16.3 Å². The molecule has 3 aliphatic rings. The van der Waals surface area contributed by atoms with Crippen LogP contribution in [-0.2, 0) is 16.1 Å². The second kappa shape index (κ2) is 8.92. The van der Waals surface area contributed by atoms with Crippen LogP contribution in [0.25, 0.3) is 10.9 Å². The van der Waals surface area contributed by atoms with Gasteiger partial charge in [-0.1, -0.05) is 11.6 Å². The van der Waals surface area contributed by atoms with E-state index in [0.717, 1.165) is 30.2 Å². The number of benzene rings is 1. The number of nitrogens with zero attached hydrogens (tertiary/aromatic N) is 3. The number of fused-ring (bicyclic) bond motifs is 2. The second-order valence-corrected chi connectivity index (χ2v) is 9.40. The van der Waals surface area contributed by atoms with E-state index in [2.05, 4.69) is 16.1 Å². The number of amides is 3. The Bertz CT molecular complexity index is 1020. The number of rotatable bonds is 3. The molecule has 2 atom stereocenters. The van der Waals surface area contributed by atoms with Crippen LogP contribution in [0.2, 0.25) is 5.02 Å². The zero-order valence-corrected chi connectivity index (χ0v) is 18.8. The molecule has 4 heterocycles. The third-order valence-electron chi connectivity index (χ3n) is 7.01. The van der Waals surface area contributed by atoms with E-state index in [-0.39, 0.29) is 37.3 Å². The molecule has 3 saturated heterocycles. The van der Waals surface area contributed by atoms with Crippen molar-refractivity contribution in [1.82, 2.24) is 19.7 Å². The standard InChI is InChI=1S/C23H29ClN4O4/c24-16-1-2-20-17(11-16)18(12-27(20)9-10-29)15-3-6-26(7-4-15)23(31)28-8-5-21-19(13-28)25-22(30)14-32-21/h1-2,11-12,15,19,21,29H,3-10,13-14H2,(H,25,30)/t19-,21-/m0/s1. The van der Waals surface area contributed by atoms with Crippen LogP contribution >= 0.6 is 11.6 Å². The average Bonchev–Trinajstić information content (AvgIpc) is 3.16. The maximum Gasteiger partial charge on any atom is 0.320 e. The number of hydrogen-bond donors (Lipinski definition) is 2. The molecular weight excluding hydrogens is 432 g/mol. The van der Waals surface area contributed by atoms with Crippen LogP contribution in [0.5, 0.6) is 0 Å². The second-order valence-electron chi connectivity index (χ2n) is 8.96. The van der Waals surface area contributed by atoms with Crippen molar-refractivity contribution in [3.05, 3.63) is 35.0 Å². The first-order chi connectivity index (χ1) is 15.5. The summed E-state index contributed by atoms with van der Waals surface area (Å²) in [6.45, 7) is 3.30. The number of likely N-dealkylation sites (tertiary alicyclic amines) is 2. The van der Waals surface area contributed by atoms with Gasteiger partial charge in [0, 0.05) is 54.8 Å². The SMILES string of the molecule is O=C1CO[C@H]2CCN(C(=O)N3CCC(c4cn(CCO)c5ccc(Cl)cc45)CC3)C[C@@H]2N1. The summed E-state index contributed by atoms with van der Waals surface area (Å²) in [6.07, 6.45) is 4.66. The van der Waals surface area contributed by atoms with E-state index in [1.165, 1.54) is 5.56 Å². The Kier molecular flexibility index (Phi) is 6.01. The van der Waals surface area contributed by atoms with Gasteiger partial charge in [0.15, 0.2) is 0 Å². The summed E-state index contributed by atoms with van der Waals surface area (Å²) >= 11 is 6.27. The summed E-state index contributed by atoms with van der Waals surface area (Å²) in [5.41, 5.74) is 2.32. The maximum atomic E-state index is 13.1. The van der Waals surface area contributed by atoms with Gasteiger partial charge in [0.25, 0.3) is 0 Å². The first-order valence-corrected chi connectivity index (χ1v) is 11.7. The molecule has 0 unspecified atom stereocenters. The summed E-state index contributed by atoms with van der Waals surface area (Å²) < 4.78 is 7.69. The molecule has 5 rings (SSSR count). The van der Waals surface area contributed by atoms with Crippen LogP contribution in [-0.4, -0.2) is 83.0 Å². The number of carbonyl (C=O) groups is 2. The summed E-state index contributed by atoms with van der Waals surface area (Å²) in [4.78, 5) is 28.6. The van der Waals surface area contributed by atoms with Crippen molar-refractivity contribution >= 4 is 34.4 Å². The van der Waals surface area contributed by atoms with Gasteiger partial charge in [-0.25, -0.2) is 4.79 Å². The molecule has 3 fully saturated rings. The van der Waals surface area contributed by atoms with Gasteiger partial charge >= 0.3 is 6.03 Å². The molecule has 0 saturated carbocycles. The number of aliphatic hydroxyl groups excluding tert-OH is 1. The van der Waals surface area contributed by atoms with E-state index in [1.807, 2.05) is 28.0 Å². The molecule has 32 heavy (non-hydrogen) atoms. The smallest absolute Gasteiger partial charge is 0.320 e. The van der Waals surface area contributed by atoms with Gasteiger partial charge in [-0.05, 0) is 48.9 Å². The van der Waals surface area contributed by atoms with Gasteiger partial charge in [0.1, 0.15) is 6.61 Å². The van der Waals surface area contributed by atoms with E-state index < -0.39 is 0 Å². The Hall–Kier alpha value is -2.29. The number of carbonyl (C=O) groups excluding carboxylic acids is 2. The van der Waals surface area contributed by atoms with Gasteiger partial charge < -0.3 is 29.5 Å². The number of halogens is 1. The van der Waals surface area contributed by atoms with Crippen molar-refractivity contribution in [1.29, 1.82) is 0 Å². The Morgan fingerprint density at radius 2 is 1.97 bits per heavy atom. The van der Waals surface area contributed by atoms with Gasteiger partial charge in [0.05, 0.1) is 18.8 Å². The number of nitrogens with one attached hydrogen (secondary N) is 1. The molecule has 0 bridgehead atoms. The monoisotopic (exact) mass is 460 g/mol. The number of ether oxygens (including phenoxy) is 1. The van der Waals surface area contributed by atoms with Crippen LogP contribution < -0.4 is 5.32 Å². The number of morpholine rings is 1. The normalized spacial score (nSPS) is 24.5. The quantitative estimate of drug-likeness (QED) is 0.735. The fourth-order valence-corrected chi connectivity index (χ4v) is 5.54. The number of urea groups is 1. The van der Waals surface area contributed by atoms with E-state index in [1.54, 1.807) is 0 Å². The highest BCUT2D eigenvalue weighted by molar-refractivity contribution is 6.31. The van der Waals surface area contributed by atoms with E-state index >= 15 is 0 Å². The number of piperidine rings is 2. The lowest BCUT2D eigenvalue weighted by Crippen LogP contribution is -2.62. The molecular formula is C23H29ClN4O4. The minimum absolute atomic E-state index is 0.00514. The van der Waals surface area contributed by atoms with Crippen LogP contribution in [0, 0.1) is 0 Å². The molecule has 2 N–H and O–H groups in total. The third kappa shape index (κ3) is 4.07. The zero-order valence-electron chi connectivity index (χ0n) is 18.0. The van der Waals surface area contributed by atoms with Crippen molar-refractivity contribution in [3.8, 4) is 0 Å². The third-order valence-corrected chi connectivity index (χ3v) is 7.25. The van der Waals surface area contributed by atoms with E-state index in [9.17, 15) is 14.7 Å². The fraction of sp³-hybridized carbons (Fsp3) is 0.565. The molecule has 0 spiro atoms. The molecule has 172 valence electrons. The Balaban J connectivity index is 1.25. The highest BCUT2D eigenvalue weighted by atomic mass is 35.5. The van der Waals surface area contributed by atoms with Crippen LogP contribution in [0.3, 0.4) is 0 Å². The van der Waals surface area contributed by atoms with Gasteiger partial charge in [-0.2, -0.15) is 0 Å². The predicted octanol–water partition coefficient (Wildman–Crippen LogP) is 2.18. The molecule has 3 aliphatic heterocycles. The fourth-order valence-electron chi connectivity index (χ4n) is 5.37. The van der Waals surface area contributed by atoms with Crippen molar-refractivity contribution in [2.75, 3.05) is 39.4 Å². The number of hydrogen-bond acceptors (Lipinski definition) is 4. The van der Waals surface area contributed by atoms with Gasteiger partial charge in [-0.15, -0.1) is 0 Å². The number of aliphatic hydroxyl groups is 1. The minimum atomic E-state index is -0.117. The summed E-state index contributed by atoms with van der Waals surface area (Å²) in [5.74, 6) is 0.235. The predicted molar refractivity (Wildman–Crippen MR) is 121 cm³/mol. The Morgan fingerprint density at radius 3 is 2.75 bits per heavy atom. The molecule has 3 amide bonds. The zero-order chi connectivity index (χ0) is 22.2. The van der Waals surface area contributed by atoms with Crippen molar-refractivity contribution in [2.24, 2.45) is 0 Å². The summed E-state index contributed by atoms with van der Waals surface area (Å²) in [7, 11) is 0. The number of aromatic nitrogens is 1. The molecule has 2 aromatic rings. The van der Waals surface area contributed by atoms with Gasteiger partial charge in [0.2, 0.25) is 5.91 Å². The molecule has 1 aromatic carbocycles. The summed E-state index contributed by atoms with van der Waals surface area (Å²) in [6, 6.07) is 5.82. The molecule has 1 aromatic heterocycles. The van der Waals surface area contributed by atoms with Crippen LogP contribution in [0.15, 0.2) is 24.4 Å². The highest BCUT2D eigenvalue weighted by Crippen LogP contribution is 2.36. The van der Waals surface area contributed by atoms with E-state index in [0.29, 0.717) is 43.7 Å². The lowest BCUT2D eigenvalue weighted by molar-refractivity contribution is -0.139.